The lowest BCUT2D eigenvalue weighted by atomic mass is 9.72. The number of rotatable bonds is 7. The molecule has 96 valence electrons. The zero-order valence-corrected chi connectivity index (χ0v) is 10.5. The van der Waals surface area contributed by atoms with Gasteiger partial charge in [0.2, 0.25) is 0 Å². The van der Waals surface area contributed by atoms with Crippen molar-refractivity contribution in [2.75, 3.05) is 26.9 Å². The molecule has 3 atom stereocenters. The van der Waals surface area contributed by atoms with Crippen LogP contribution in [0, 0.1) is 16.7 Å². The van der Waals surface area contributed by atoms with E-state index in [-0.39, 0.29) is 11.5 Å². The summed E-state index contributed by atoms with van der Waals surface area (Å²) in [6.07, 6.45) is 5.47. The topological polar surface area (TPSA) is 51.5 Å². The van der Waals surface area contributed by atoms with Crippen LogP contribution in [0.4, 0.5) is 0 Å². The number of hydrogen-bond acceptors (Lipinski definition) is 4. The van der Waals surface area contributed by atoms with E-state index < -0.39 is 0 Å². The Morgan fingerprint density at radius 1 is 1.35 bits per heavy atom. The van der Waals surface area contributed by atoms with Gasteiger partial charge in [0.15, 0.2) is 0 Å². The number of ether oxygens (including phenoxy) is 3. The van der Waals surface area contributed by atoms with Gasteiger partial charge in [0.1, 0.15) is 0 Å². The molecular formula is C13H21NO3. The molecule has 4 nitrogen and oxygen atoms in total. The lowest BCUT2D eigenvalue weighted by Crippen LogP contribution is -2.31. The molecule has 0 aromatic heterocycles. The highest BCUT2D eigenvalue weighted by molar-refractivity contribution is 5.12. The van der Waals surface area contributed by atoms with Gasteiger partial charge in [0.25, 0.3) is 0 Å². The van der Waals surface area contributed by atoms with Crippen molar-refractivity contribution in [2.24, 2.45) is 5.41 Å². The number of hydrogen-bond donors (Lipinski definition) is 0. The highest BCUT2D eigenvalue weighted by Crippen LogP contribution is 2.49. The molecule has 0 radical (unpaired) electrons. The van der Waals surface area contributed by atoms with Crippen LogP contribution < -0.4 is 0 Å². The van der Waals surface area contributed by atoms with E-state index in [1.807, 2.05) is 0 Å². The fourth-order valence-electron chi connectivity index (χ4n) is 2.97. The summed E-state index contributed by atoms with van der Waals surface area (Å²) in [5, 5.41) is 9.39. The normalized spacial score (nSPS) is 35.1. The molecule has 4 heteroatoms. The Morgan fingerprint density at radius 2 is 2.24 bits per heavy atom. The molecule has 2 heterocycles. The van der Waals surface area contributed by atoms with Gasteiger partial charge >= 0.3 is 0 Å². The number of fused-ring (bicyclic) bond motifs is 2. The lowest BCUT2D eigenvalue weighted by molar-refractivity contribution is 0.0548. The average Bonchev–Trinajstić information content (AvgIpc) is 2.94. The Labute approximate surface area is 103 Å². The van der Waals surface area contributed by atoms with Crippen molar-refractivity contribution in [1.29, 1.82) is 5.26 Å². The summed E-state index contributed by atoms with van der Waals surface area (Å²) in [4.78, 5) is 0. The van der Waals surface area contributed by atoms with Crippen molar-refractivity contribution in [2.45, 2.75) is 44.3 Å². The Balaban J connectivity index is 1.69. The molecule has 0 spiro atoms. The van der Waals surface area contributed by atoms with Crippen molar-refractivity contribution >= 4 is 0 Å². The van der Waals surface area contributed by atoms with Gasteiger partial charge in [0, 0.05) is 13.7 Å². The minimum Gasteiger partial charge on any atom is -0.382 e. The van der Waals surface area contributed by atoms with Crippen LogP contribution in [-0.2, 0) is 14.2 Å². The van der Waals surface area contributed by atoms with Crippen molar-refractivity contribution in [1.82, 2.24) is 0 Å². The van der Waals surface area contributed by atoms with E-state index in [1.165, 1.54) is 0 Å². The molecule has 2 fully saturated rings. The van der Waals surface area contributed by atoms with E-state index in [9.17, 15) is 5.26 Å². The summed E-state index contributed by atoms with van der Waals surface area (Å²) in [6.45, 7) is 1.99. The quantitative estimate of drug-likeness (QED) is 0.637. The maximum Gasteiger partial charge on any atom is 0.0860 e. The van der Waals surface area contributed by atoms with Gasteiger partial charge in [-0.05, 0) is 32.1 Å². The largest absolute Gasteiger partial charge is 0.382 e. The summed E-state index contributed by atoms with van der Waals surface area (Å²) in [6, 6.07) is 2.51. The first-order valence-corrected chi connectivity index (χ1v) is 6.44. The average molecular weight is 239 g/mol. The number of nitriles is 1. The van der Waals surface area contributed by atoms with E-state index in [0.29, 0.717) is 25.9 Å². The molecular weight excluding hydrogens is 218 g/mol. The van der Waals surface area contributed by atoms with Crippen LogP contribution in [0.15, 0.2) is 0 Å². The summed E-state index contributed by atoms with van der Waals surface area (Å²) < 4.78 is 16.1. The highest BCUT2D eigenvalue weighted by atomic mass is 16.5. The first-order valence-electron chi connectivity index (χ1n) is 6.44. The van der Waals surface area contributed by atoms with Gasteiger partial charge in [0.05, 0.1) is 36.9 Å². The molecule has 17 heavy (non-hydrogen) atoms. The molecule has 0 amide bonds. The Hall–Kier alpha value is -0.630. The molecule has 0 N–H and O–H groups in total. The fourth-order valence-corrected chi connectivity index (χ4v) is 2.97. The van der Waals surface area contributed by atoms with Crippen LogP contribution >= 0.6 is 0 Å². The molecule has 0 aliphatic carbocycles. The van der Waals surface area contributed by atoms with Crippen LogP contribution in [0.2, 0.25) is 0 Å². The van der Waals surface area contributed by atoms with Gasteiger partial charge in [-0.15, -0.1) is 0 Å². The van der Waals surface area contributed by atoms with Crippen molar-refractivity contribution in [3.05, 3.63) is 0 Å². The third-order valence-electron chi connectivity index (χ3n) is 3.88. The molecule has 3 unspecified atom stereocenters. The second-order valence-corrected chi connectivity index (χ2v) is 5.00. The van der Waals surface area contributed by atoms with E-state index in [1.54, 1.807) is 7.11 Å². The summed E-state index contributed by atoms with van der Waals surface area (Å²) in [5.41, 5.74) is -0.229. The highest BCUT2D eigenvalue weighted by Gasteiger charge is 2.52. The third-order valence-corrected chi connectivity index (χ3v) is 3.88. The van der Waals surface area contributed by atoms with Gasteiger partial charge in [-0.1, -0.05) is 0 Å². The molecule has 2 rings (SSSR count). The minimum absolute atomic E-state index is 0.177. The SMILES string of the molecule is COCCOCCCC1(C#N)CC2CCC1O2. The Bertz CT molecular complexity index is 289. The van der Waals surface area contributed by atoms with Crippen molar-refractivity contribution < 1.29 is 14.2 Å². The maximum atomic E-state index is 9.39. The molecule has 2 aliphatic heterocycles. The zero-order chi connectivity index (χ0) is 12.1. The third kappa shape index (κ3) is 2.79. The maximum absolute atomic E-state index is 9.39. The predicted molar refractivity (Wildman–Crippen MR) is 62.5 cm³/mol. The van der Waals surface area contributed by atoms with Crippen LogP contribution in [0.5, 0.6) is 0 Å². The molecule has 2 bridgehead atoms. The molecule has 2 saturated heterocycles. The second-order valence-electron chi connectivity index (χ2n) is 5.00. The van der Waals surface area contributed by atoms with Crippen molar-refractivity contribution in [3.63, 3.8) is 0 Å². The monoisotopic (exact) mass is 239 g/mol. The van der Waals surface area contributed by atoms with Crippen LogP contribution in [-0.4, -0.2) is 39.1 Å². The first-order chi connectivity index (χ1) is 8.30. The zero-order valence-electron chi connectivity index (χ0n) is 10.5. The number of nitrogens with zero attached hydrogens (tertiary/aromatic N) is 1. The van der Waals surface area contributed by atoms with Gasteiger partial charge in [-0.3, -0.25) is 0 Å². The van der Waals surface area contributed by atoms with Gasteiger partial charge < -0.3 is 14.2 Å². The van der Waals surface area contributed by atoms with Crippen LogP contribution in [0.1, 0.15) is 32.1 Å². The van der Waals surface area contributed by atoms with Gasteiger partial charge in [-0.25, -0.2) is 0 Å². The van der Waals surface area contributed by atoms with Gasteiger partial charge in [-0.2, -0.15) is 5.26 Å². The van der Waals surface area contributed by atoms with E-state index in [2.05, 4.69) is 6.07 Å². The smallest absolute Gasteiger partial charge is 0.0860 e. The minimum atomic E-state index is -0.229. The Morgan fingerprint density at radius 3 is 2.82 bits per heavy atom. The van der Waals surface area contributed by atoms with E-state index in [0.717, 1.165) is 32.1 Å². The summed E-state index contributed by atoms with van der Waals surface area (Å²) in [5.74, 6) is 0. The van der Waals surface area contributed by atoms with Crippen LogP contribution in [0.25, 0.3) is 0 Å². The molecule has 0 aromatic carbocycles. The standard InChI is InChI=1S/C13H21NO3/c1-15-7-8-16-6-2-5-13(10-14)9-11-3-4-12(13)17-11/h11-12H,2-9H2,1H3. The molecule has 0 saturated carbocycles. The first kappa shape index (κ1) is 12.8. The lowest BCUT2D eigenvalue weighted by Gasteiger charge is -2.27. The molecule has 0 aromatic rings. The predicted octanol–water partition coefficient (Wildman–Crippen LogP) is 1.89. The van der Waals surface area contributed by atoms with Crippen LogP contribution in [0.3, 0.4) is 0 Å². The van der Waals surface area contributed by atoms with E-state index >= 15 is 0 Å². The second kappa shape index (κ2) is 5.81. The number of methoxy groups -OCH3 is 1. The van der Waals surface area contributed by atoms with E-state index in [4.69, 9.17) is 14.2 Å². The van der Waals surface area contributed by atoms with Crippen molar-refractivity contribution in [3.8, 4) is 6.07 Å². The summed E-state index contributed by atoms with van der Waals surface area (Å²) in [7, 11) is 1.67. The Kier molecular flexibility index (Phi) is 4.38. The summed E-state index contributed by atoms with van der Waals surface area (Å²) >= 11 is 0. The fraction of sp³-hybridized carbons (Fsp3) is 0.923. The molecule has 2 aliphatic rings.